The number of nitrogens with one attached hydrogen (secondary N) is 1. The van der Waals surface area contributed by atoms with E-state index in [4.69, 9.17) is 5.11 Å². The molecule has 0 radical (unpaired) electrons. The zero-order valence-electron chi connectivity index (χ0n) is 9.77. The van der Waals surface area contributed by atoms with Crippen LogP contribution in [0.5, 0.6) is 5.75 Å². The highest BCUT2D eigenvalue weighted by molar-refractivity contribution is 5.25. The van der Waals surface area contributed by atoms with Gasteiger partial charge in [-0.25, -0.2) is 0 Å². The van der Waals surface area contributed by atoms with Gasteiger partial charge in [0.15, 0.2) is 0 Å². The molecule has 2 atom stereocenters. The minimum Gasteiger partial charge on any atom is -0.508 e. The molecule has 2 rings (SSSR count). The van der Waals surface area contributed by atoms with E-state index in [1.165, 1.54) is 0 Å². The molecule has 0 aliphatic heterocycles. The number of aliphatic hydroxyl groups excluding tert-OH is 1. The van der Waals surface area contributed by atoms with Gasteiger partial charge in [0, 0.05) is 18.0 Å². The topological polar surface area (TPSA) is 52.5 Å². The number of aromatic hydroxyl groups is 1. The quantitative estimate of drug-likeness (QED) is 0.727. The minimum absolute atomic E-state index is 0.0308. The fourth-order valence-electron chi connectivity index (χ4n) is 2.10. The van der Waals surface area contributed by atoms with Crippen LogP contribution in [-0.4, -0.2) is 22.4 Å². The molecule has 0 bridgehead atoms. The Hall–Kier alpha value is -1.06. The average molecular weight is 221 g/mol. The molecule has 1 aliphatic carbocycles. The monoisotopic (exact) mass is 221 g/mol. The van der Waals surface area contributed by atoms with Crippen LogP contribution in [0, 0.1) is 5.41 Å². The van der Waals surface area contributed by atoms with Crippen molar-refractivity contribution in [3.8, 4) is 5.75 Å². The lowest BCUT2D eigenvalue weighted by atomic mass is 9.64. The summed E-state index contributed by atoms with van der Waals surface area (Å²) >= 11 is 0. The molecular formula is C13H19NO2. The third-order valence-electron chi connectivity index (χ3n) is 3.70. The molecule has 0 spiro atoms. The Morgan fingerprint density at radius 3 is 2.44 bits per heavy atom. The van der Waals surface area contributed by atoms with Gasteiger partial charge in [-0.1, -0.05) is 26.0 Å². The second kappa shape index (κ2) is 4.07. The van der Waals surface area contributed by atoms with E-state index in [2.05, 4.69) is 19.2 Å². The molecule has 3 heteroatoms. The number of benzene rings is 1. The molecule has 1 saturated carbocycles. The molecule has 3 N–H and O–H groups in total. The highest BCUT2D eigenvalue weighted by Gasteiger charge is 2.46. The number of rotatable bonds is 3. The average Bonchev–Trinajstić information content (AvgIpc) is 2.26. The fraction of sp³-hybridized carbons (Fsp3) is 0.538. The first kappa shape index (κ1) is 11.4. The van der Waals surface area contributed by atoms with Crippen LogP contribution >= 0.6 is 0 Å². The SMILES string of the molecule is CC1(C)C(O)CC1NCc1ccc(O)cc1. The summed E-state index contributed by atoms with van der Waals surface area (Å²) < 4.78 is 0. The highest BCUT2D eigenvalue weighted by atomic mass is 16.3. The van der Waals surface area contributed by atoms with Crippen molar-refractivity contribution in [2.24, 2.45) is 5.41 Å². The lowest BCUT2D eigenvalue weighted by Gasteiger charge is -2.49. The molecule has 0 aromatic heterocycles. The van der Waals surface area contributed by atoms with Crippen LogP contribution in [-0.2, 0) is 6.54 Å². The van der Waals surface area contributed by atoms with Gasteiger partial charge in [-0.3, -0.25) is 0 Å². The Morgan fingerprint density at radius 1 is 1.31 bits per heavy atom. The van der Waals surface area contributed by atoms with E-state index >= 15 is 0 Å². The number of phenolic OH excluding ortho intramolecular Hbond substituents is 1. The molecule has 0 heterocycles. The van der Waals surface area contributed by atoms with E-state index in [0.29, 0.717) is 11.8 Å². The van der Waals surface area contributed by atoms with Crippen LogP contribution in [0.15, 0.2) is 24.3 Å². The normalized spacial score (nSPS) is 27.4. The van der Waals surface area contributed by atoms with Crippen molar-refractivity contribution in [2.45, 2.75) is 39.0 Å². The predicted octanol–water partition coefficient (Wildman–Crippen LogP) is 1.64. The van der Waals surface area contributed by atoms with Gasteiger partial charge < -0.3 is 15.5 Å². The van der Waals surface area contributed by atoms with E-state index in [0.717, 1.165) is 18.5 Å². The first-order chi connectivity index (χ1) is 7.50. The van der Waals surface area contributed by atoms with E-state index < -0.39 is 0 Å². The van der Waals surface area contributed by atoms with Gasteiger partial charge >= 0.3 is 0 Å². The summed E-state index contributed by atoms with van der Waals surface area (Å²) in [5, 5.41) is 22.2. The van der Waals surface area contributed by atoms with Gasteiger partial charge in [0.05, 0.1) is 6.10 Å². The molecule has 2 unspecified atom stereocenters. The van der Waals surface area contributed by atoms with Gasteiger partial charge in [0.25, 0.3) is 0 Å². The van der Waals surface area contributed by atoms with Gasteiger partial charge in [-0.05, 0) is 24.1 Å². The Bertz CT molecular complexity index is 359. The summed E-state index contributed by atoms with van der Waals surface area (Å²) in [6, 6.07) is 7.57. The van der Waals surface area contributed by atoms with Gasteiger partial charge in [0.1, 0.15) is 5.75 Å². The molecule has 0 saturated heterocycles. The summed E-state index contributed by atoms with van der Waals surface area (Å²) in [4.78, 5) is 0. The first-order valence-corrected chi connectivity index (χ1v) is 5.69. The zero-order valence-corrected chi connectivity index (χ0v) is 9.77. The minimum atomic E-state index is -0.190. The molecule has 1 aliphatic rings. The first-order valence-electron chi connectivity index (χ1n) is 5.69. The zero-order chi connectivity index (χ0) is 11.8. The Labute approximate surface area is 96.1 Å². The van der Waals surface area contributed by atoms with Crippen LogP contribution in [0.1, 0.15) is 25.8 Å². The van der Waals surface area contributed by atoms with E-state index in [-0.39, 0.29) is 11.5 Å². The maximum atomic E-state index is 9.61. The van der Waals surface area contributed by atoms with Crippen molar-refractivity contribution in [1.82, 2.24) is 5.32 Å². The summed E-state index contributed by atoms with van der Waals surface area (Å²) in [6.07, 6.45) is 0.635. The fourth-order valence-corrected chi connectivity index (χ4v) is 2.10. The molecule has 0 amide bonds. The highest BCUT2D eigenvalue weighted by Crippen LogP contribution is 2.40. The smallest absolute Gasteiger partial charge is 0.115 e. The number of hydrogen-bond acceptors (Lipinski definition) is 3. The lowest BCUT2D eigenvalue weighted by Crippen LogP contribution is -2.59. The lowest BCUT2D eigenvalue weighted by molar-refractivity contribution is -0.0729. The van der Waals surface area contributed by atoms with Gasteiger partial charge in [0.2, 0.25) is 0 Å². The van der Waals surface area contributed by atoms with Crippen molar-refractivity contribution in [3.05, 3.63) is 29.8 Å². The molecule has 88 valence electrons. The van der Waals surface area contributed by atoms with Crippen LogP contribution in [0.3, 0.4) is 0 Å². The van der Waals surface area contributed by atoms with Gasteiger partial charge in [-0.15, -0.1) is 0 Å². The molecule has 16 heavy (non-hydrogen) atoms. The number of aliphatic hydroxyl groups is 1. The maximum Gasteiger partial charge on any atom is 0.115 e. The Balaban J connectivity index is 1.87. The van der Waals surface area contributed by atoms with Crippen LogP contribution < -0.4 is 5.32 Å². The Morgan fingerprint density at radius 2 is 1.94 bits per heavy atom. The molecular weight excluding hydrogens is 202 g/mol. The number of hydrogen-bond donors (Lipinski definition) is 3. The van der Waals surface area contributed by atoms with Gasteiger partial charge in [-0.2, -0.15) is 0 Å². The summed E-state index contributed by atoms with van der Waals surface area (Å²) in [5.41, 5.74) is 1.12. The third kappa shape index (κ3) is 2.06. The number of phenols is 1. The second-order valence-corrected chi connectivity index (χ2v) is 5.17. The molecule has 1 fully saturated rings. The summed E-state index contributed by atoms with van der Waals surface area (Å²) in [6.45, 7) is 4.94. The Kier molecular flexibility index (Phi) is 2.91. The van der Waals surface area contributed by atoms with Crippen LogP contribution in [0.4, 0.5) is 0 Å². The summed E-state index contributed by atoms with van der Waals surface area (Å²) in [7, 11) is 0. The molecule has 3 nitrogen and oxygen atoms in total. The van der Waals surface area contributed by atoms with Crippen molar-refractivity contribution in [2.75, 3.05) is 0 Å². The standard InChI is InChI=1S/C13H19NO2/c1-13(2)11(7-12(13)16)14-8-9-3-5-10(15)6-4-9/h3-6,11-12,14-16H,7-8H2,1-2H3. The van der Waals surface area contributed by atoms with E-state index in [9.17, 15) is 5.11 Å². The third-order valence-corrected chi connectivity index (χ3v) is 3.70. The van der Waals surface area contributed by atoms with Crippen molar-refractivity contribution in [1.29, 1.82) is 0 Å². The molecule has 1 aromatic carbocycles. The van der Waals surface area contributed by atoms with Crippen molar-refractivity contribution >= 4 is 0 Å². The molecule has 1 aromatic rings. The van der Waals surface area contributed by atoms with Crippen molar-refractivity contribution in [3.63, 3.8) is 0 Å². The van der Waals surface area contributed by atoms with E-state index in [1.54, 1.807) is 12.1 Å². The largest absolute Gasteiger partial charge is 0.508 e. The summed E-state index contributed by atoms with van der Waals surface area (Å²) in [5.74, 6) is 0.295. The van der Waals surface area contributed by atoms with E-state index in [1.807, 2.05) is 12.1 Å². The van der Waals surface area contributed by atoms with Crippen LogP contribution in [0.2, 0.25) is 0 Å². The van der Waals surface area contributed by atoms with Crippen molar-refractivity contribution < 1.29 is 10.2 Å². The van der Waals surface area contributed by atoms with Crippen LogP contribution in [0.25, 0.3) is 0 Å². The predicted molar refractivity (Wildman–Crippen MR) is 63.1 cm³/mol. The maximum absolute atomic E-state index is 9.61. The second-order valence-electron chi connectivity index (χ2n) is 5.17.